The van der Waals surface area contributed by atoms with Crippen molar-refractivity contribution < 1.29 is 14.7 Å². The summed E-state index contributed by atoms with van der Waals surface area (Å²) in [4.78, 5) is 26.6. The lowest BCUT2D eigenvalue weighted by Gasteiger charge is -2.39. The summed E-state index contributed by atoms with van der Waals surface area (Å²) < 4.78 is 0. The third-order valence-electron chi connectivity index (χ3n) is 5.09. The Morgan fingerprint density at radius 2 is 1.68 bits per heavy atom. The first-order valence-corrected chi connectivity index (χ1v) is 11.3. The maximum absolute atomic E-state index is 12.7. The van der Waals surface area contributed by atoms with E-state index in [0.717, 1.165) is 0 Å². The van der Waals surface area contributed by atoms with Crippen molar-refractivity contribution in [1.29, 1.82) is 0 Å². The largest absolute Gasteiger partial charge is 0.385 e. The number of rotatable bonds is 4. The first-order chi connectivity index (χ1) is 14.7. The zero-order chi connectivity index (χ0) is 23.0. The lowest BCUT2D eigenvalue weighted by molar-refractivity contribution is -0.137. The molecule has 3 rings (SSSR count). The van der Waals surface area contributed by atoms with Crippen LogP contribution >= 0.6 is 23.2 Å². The van der Waals surface area contributed by atoms with Gasteiger partial charge in [-0.2, -0.15) is 0 Å². The molecule has 1 aliphatic rings. The maximum Gasteiger partial charge on any atom is 0.251 e. The highest BCUT2D eigenvalue weighted by Crippen LogP contribution is 2.37. The minimum absolute atomic E-state index is 0.173. The fraction of sp³-hybridized carbons (Fsp3) is 0.417. The third-order valence-corrected chi connectivity index (χ3v) is 5.64. The Balaban J connectivity index is 0.00000107. The first kappa shape index (κ1) is 25.2. The van der Waals surface area contributed by atoms with Crippen LogP contribution in [-0.2, 0) is 10.4 Å². The van der Waals surface area contributed by atoms with E-state index in [1.165, 1.54) is 6.42 Å². The molecule has 0 bridgehead atoms. The average Bonchev–Trinajstić information content (AvgIpc) is 2.74. The summed E-state index contributed by atoms with van der Waals surface area (Å²) in [5.74, 6) is -0.462. The second-order valence-corrected chi connectivity index (χ2v) is 8.59. The molecule has 1 saturated heterocycles. The predicted octanol–water partition coefficient (Wildman–Crippen LogP) is 5.04. The second kappa shape index (κ2) is 11.5. The molecule has 0 spiro atoms. The summed E-state index contributed by atoms with van der Waals surface area (Å²) in [5, 5.41) is 14.7. The van der Waals surface area contributed by atoms with Gasteiger partial charge in [-0.15, -0.1) is 0 Å². The molecule has 1 aliphatic heterocycles. The molecule has 2 amide bonds. The Bertz CT molecular complexity index is 882. The van der Waals surface area contributed by atoms with Gasteiger partial charge in [0.1, 0.15) is 6.04 Å². The molecule has 1 unspecified atom stereocenters. The standard InChI is InChI=1S/C21H22Cl2N2O3.C3H8/c1-14(24-19(26)15-5-3-2-4-6-15)20(27)25-11-9-21(28,10-12-25)17-8-7-16(22)13-18(17)23;1-3-2/h2-8,13-14,28H,9-12H2,1H3,(H,24,26);3H2,1-2H3. The smallest absolute Gasteiger partial charge is 0.251 e. The number of piperidine rings is 1. The van der Waals surface area contributed by atoms with E-state index >= 15 is 0 Å². The minimum atomic E-state index is -1.10. The lowest BCUT2D eigenvalue weighted by Crippen LogP contribution is -2.51. The van der Waals surface area contributed by atoms with E-state index in [-0.39, 0.29) is 11.8 Å². The van der Waals surface area contributed by atoms with Gasteiger partial charge in [0.25, 0.3) is 5.91 Å². The number of nitrogens with zero attached hydrogens (tertiary/aromatic N) is 1. The van der Waals surface area contributed by atoms with E-state index in [4.69, 9.17) is 23.2 Å². The van der Waals surface area contributed by atoms with Crippen molar-refractivity contribution in [3.8, 4) is 0 Å². The highest BCUT2D eigenvalue weighted by atomic mass is 35.5. The molecule has 0 aromatic heterocycles. The van der Waals surface area contributed by atoms with Crippen molar-refractivity contribution in [1.82, 2.24) is 10.2 Å². The van der Waals surface area contributed by atoms with Crippen LogP contribution in [0, 0.1) is 0 Å². The molecule has 2 aromatic rings. The highest BCUT2D eigenvalue weighted by molar-refractivity contribution is 6.35. The first-order valence-electron chi connectivity index (χ1n) is 10.5. The van der Waals surface area contributed by atoms with E-state index in [0.29, 0.717) is 47.1 Å². The summed E-state index contributed by atoms with van der Waals surface area (Å²) in [6.45, 7) is 6.67. The zero-order valence-corrected chi connectivity index (χ0v) is 19.7. The SMILES string of the molecule is CC(NC(=O)c1ccccc1)C(=O)N1CCC(O)(c2ccc(Cl)cc2Cl)CC1.CCC. The Kier molecular flexibility index (Phi) is 9.35. The molecule has 2 N–H and O–H groups in total. The fourth-order valence-electron chi connectivity index (χ4n) is 3.44. The number of hydrogen-bond acceptors (Lipinski definition) is 3. The van der Waals surface area contributed by atoms with Crippen LogP contribution in [0.5, 0.6) is 0 Å². The van der Waals surface area contributed by atoms with Crippen LogP contribution in [0.4, 0.5) is 0 Å². The molecular formula is C24H30Cl2N2O3. The zero-order valence-electron chi connectivity index (χ0n) is 18.2. The van der Waals surface area contributed by atoms with Crippen LogP contribution in [0.2, 0.25) is 10.0 Å². The highest BCUT2D eigenvalue weighted by Gasteiger charge is 2.37. The van der Waals surface area contributed by atoms with E-state index < -0.39 is 11.6 Å². The number of carbonyl (C=O) groups excluding carboxylic acids is 2. The summed E-state index contributed by atoms with van der Waals surface area (Å²) in [6, 6.07) is 13.1. The number of likely N-dealkylation sites (tertiary alicyclic amines) is 1. The molecular weight excluding hydrogens is 435 g/mol. The summed E-state index contributed by atoms with van der Waals surface area (Å²) in [7, 11) is 0. The monoisotopic (exact) mass is 464 g/mol. The van der Waals surface area contributed by atoms with Gasteiger partial charge < -0.3 is 15.3 Å². The van der Waals surface area contributed by atoms with Crippen LogP contribution < -0.4 is 5.32 Å². The Hall–Kier alpha value is -2.08. The van der Waals surface area contributed by atoms with Gasteiger partial charge in [-0.25, -0.2) is 0 Å². The molecule has 0 aliphatic carbocycles. The van der Waals surface area contributed by atoms with Gasteiger partial charge >= 0.3 is 0 Å². The van der Waals surface area contributed by atoms with Crippen molar-refractivity contribution in [3.05, 3.63) is 69.7 Å². The van der Waals surface area contributed by atoms with Gasteiger partial charge in [-0.05, 0) is 44.0 Å². The van der Waals surface area contributed by atoms with Crippen LogP contribution in [0.1, 0.15) is 56.0 Å². The maximum atomic E-state index is 12.7. The molecule has 7 heteroatoms. The average molecular weight is 465 g/mol. The lowest BCUT2D eigenvalue weighted by atomic mass is 9.84. The van der Waals surface area contributed by atoms with E-state index in [1.807, 2.05) is 6.07 Å². The van der Waals surface area contributed by atoms with Gasteiger partial charge in [0.15, 0.2) is 0 Å². The number of amides is 2. The van der Waals surface area contributed by atoms with Crippen molar-refractivity contribution in [2.45, 2.75) is 51.7 Å². The molecule has 5 nitrogen and oxygen atoms in total. The summed E-state index contributed by atoms with van der Waals surface area (Å²) in [5.41, 5.74) is 0.0262. The molecule has 0 saturated carbocycles. The number of aliphatic hydroxyl groups is 1. The van der Waals surface area contributed by atoms with Crippen LogP contribution in [0.15, 0.2) is 48.5 Å². The van der Waals surface area contributed by atoms with Crippen LogP contribution in [0.25, 0.3) is 0 Å². The predicted molar refractivity (Wildman–Crippen MR) is 126 cm³/mol. The van der Waals surface area contributed by atoms with Crippen molar-refractivity contribution >= 4 is 35.0 Å². The summed E-state index contributed by atoms with van der Waals surface area (Å²) in [6.07, 6.45) is 1.97. The third kappa shape index (κ3) is 6.70. The van der Waals surface area contributed by atoms with E-state index in [2.05, 4.69) is 19.2 Å². The van der Waals surface area contributed by atoms with Gasteiger partial charge in [-0.3, -0.25) is 9.59 Å². The van der Waals surface area contributed by atoms with Gasteiger partial charge in [0.2, 0.25) is 5.91 Å². The van der Waals surface area contributed by atoms with Crippen molar-refractivity contribution in [3.63, 3.8) is 0 Å². The minimum Gasteiger partial charge on any atom is -0.385 e. The quantitative estimate of drug-likeness (QED) is 0.665. The number of carbonyl (C=O) groups is 2. The molecule has 0 radical (unpaired) electrons. The Labute approximate surface area is 194 Å². The second-order valence-electron chi connectivity index (χ2n) is 7.75. The van der Waals surface area contributed by atoms with Crippen LogP contribution in [-0.4, -0.2) is 41.0 Å². The Morgan fingerprint density at radius 3 is 2.23 bits per heavy atom. The summed E-state index contributed by atoms with van der Waals surface area (Å²) >= 11 is 12.2. The normalized spacial score (nSPS) is 16.0. The van der Waals surface area contributed by atoms with Gasteiger partial charge in [-0.1, -0.05) is 67.7 Å². The molecule has 1 atom stereocenters. The molecule has 2 aromatic carbocycles. The molecule has 1 fully saturated rings. The number of benzene rings is 2. The van der Waals surface area contributed by atoms with Gasteiger partial charge in [0, 0.05) is 34.3 Å². The van der Waals surface area contributed by atoms with E-state index in [9.17, 15) is 14.7 Å². The van der Waals surface area contributed by atoms with E-state index in [1.54, 1.807) is 54.3 Å². The fourth-order valence-corrected chi connectivity index (χ4v) is 4.02. The molecule has 31 heavy (non-hydrogen) atoms. The van der Waals surface area contributed by atoms with Crippen LogP contribution in [0.3, 0.4) is 0 Å². The number of nitrogens with one attached hydrogen (secondary N) is 1. The molecule has 1 heterocycles. The van der Waals surface area contributed by atoms with Crippen molar-refractivity contribution in [2.24, 2.45) is 0 Å². The molecule has 168 valence electrons. The van der Waals surface area contributed by atoms with Gasteiger partial charge in [0.05, 0.1) is 5.60 Å². The number of halogens is 2. The Morgan fingerprint density at radius 1 is 1.10 bits per heavy atom. The van der Waals surface area contributed by atoms with Crippen molar-refractivity contribution in [2.75, 3.05) is 13.1 Å². The number of hydrogen-bond donors (Lipinski definition) is 2. The topological polar surface area (TPSA) is 69.6 Å².